The number of Topliss-reactive ketones (excluding diaryl/α,β-unsaturated/α-hetero) is 1. The van der Waals surface area contributed by atoms with Gasteiger partial charge in [0.05, 0.1) is 5.56 Å². The first-order valence-corrected chi connectivity index (χ1v) is 7.32. The lowest BCUT2D eigenvalue weighted by molar-refractivity contribution is -0.682. The highest BCUT2D eigenvalue weighted by Crippen LogP contribution is 2.28. The van der Waals surface area contributed by atoms with Crippen LogP contribution in [0.15, 0.2) is 65.1 Å². The van der Waals surface area contributed by atoms with Gasteiger partial charge < -0.3 is 9.52 Å². The van der Waals surface area contributed by atoms with Crippen molar-refractivity contribution in [2.45, 2.75) is 12.7 Å². The molecule has 0 spiro atoms. The van der Waals surface area contributed by atoms with Gasteiger partial charge in [0.2, 0.25) is 0 Å². The summed E-state index contributed by atoms with van der Waals surface area (Å²) in [6.45, 7) is -0.103. The number of halogens is 3. The molecule has 0 aliphatic rings. The Kier molecular flexibility index (Phi) is 4.31. The average Bonchev–Trinajstić information content (AvgIpc) is 2.91. The average molecular weight is 347 g/mol. The van der Waals surface area contributed by atoms with Crippen LogP contribution in [-0.2, 0) is 6.54 Å². The van der Waals surface area contributed by atoms with Crippen LogP contribution >= 0.6 is 0 Å². The van der Waals surface area contributed by atoms with Crippen LogP contribution in [0, 0.1) is 0 Å². The third-order valence-electron chi connectivity index (χ3n) is 3.57. The highest BCUT2D eigenvalue weighted by Gasteiger charge is 2.47. The Balaban J connectivity index is 2.18. The minimum atomic E-state index is -5.17. The van der Waals surface area contributed by atoms with Crippen molar-refractivity contribution >= 4 is 5.78 Å². The summed E-state index contributed by atoms with van der Waals surface area (Å²) in [5.74, 6) is -3.63. The van der Waals surface area contributed by atoms with Crippen LogP contribution in [0.25, 0.3) is 11.5 Å². The van der Waals surface area contributed by atoms with Crippen LogP contribution < -0.4 is 9.67 Å². The lowest BCUT2D eigenvalue weighted by Gasteiger charge is -2.05. The van der Waals surface area contributed by atoms with Gasteiger partial charge in [-0.15, -0.1) is 0 Å². The molecule has 3 aromatic rings. The Labute approximate surface area is 140 Å². The number of ketones is 1. The van der Waals surface area contributed by atoms with Crippen LogP contribution in [0.2, 0.25) is 0 Å². The molecule has 7 heteroatoms. The summed E-state index contributed by atoms with van der Waals surface area (Å²) in [5, 5.41) is 12.0. The van der Waals surface area contributed by atoms with Crippen molar-refractivity contribution in [1.82, 2.24) is 0 Å². The number of nitrogens with zero attached hydrogens (tertiary/aromatic N) is 1. The highest BCUT2D eigenvalue weighted by atomic mass is 19.4. The van der Waals surface area contributed by atoms with E-state index in [0.29, 0.717) is 11.1 Å². The normalized spacial score (nSPS) is 11.5. The molecule has 0 unspecified atom stereocenters. The van der Waals surface area contributed by atoms with Crippen LogP contribution in [0.3, 0.4) is 0 Å². The topological polar surface area (TPSA) is 57.1 Å². The second-order valence-corrected chi connectivity index (χ2v) is 5.31. The number of benzene rings is 2. The summed E-state index contributed by atoms with van der Waals surface area (Å²) in [4.78, 5) is 11.7. The van der Waals surface area contributed by atoms with Crippen molar-refractivity contribution in [3.05, 3.63) is 71.9 Å². The third-order valence-corrected chi connectivity index (χ3v) is 3.57. The fourth-order valence-corrected chi connectivity index (χ4v) is 2.46. The standard InChI is InChI=1S/C18H12F3NO3/c19-18(20,21)15(23)14-17(24)25-16(13-9-5-2-6-10-13)22(14)11-12-7-3-1-4-8-12/h1-10H,11H2. The van der Waals surface area contributed by atoms with E-state index in [2.05, 4.69) is 0 Å². The maximum Gasteiger partial charge on any atom is 0.461 e. The van der Waals surface area contributed by atoms with E-state index in [1.165, 1.54) is 0 Å². The predicted octanol–water partition coefficient (Wildman–Crippen LogP) is 3.10. The van der Waals surface area contributed by atoms with E-state index in [-0.39, 0.29) is 12.4 Å². The quantitative estimate of drug-likeness (QED) is 0.538. The van der Waals surface area contributed by atoms with E-state index in [9.17, 15) is 23.1 Å². The van der Waals surface area contributed by atoms with Gasteiger partial charge in [0.25, 0.3) is 11.6 Å². The van der Waals surface area contributed by atoms with Crippen molar-refractivity contribution in [2.24, 2.45) is 0 Å². The van der Waals surface area contributed by atoms with Crippen LogP contribution in [0.4, 0.5) is 13.2 Å². The zero-order valence-electron chi connectivity index (χ0n) is 12.8. The zero-order chi connectivity index (χ0) is 18.0. The number of hydrogen-bond acceptors (Lipinski definition) is 3. The van der Waals surface area contributed by atoms with Crippen molar-refractivity contribution in [3.63, 3.8) is 0 Å². The van der Waals surface area contributed by atoms with Gasteiger partial charge in [-0.1, -0.05) is 48.5 Å². The Bertz CT molecular complexity index is 887. The summed E-state index contributed by atoms with van der Waals surface area (Å²) in [5.41, 5.74) is -0.00586. The molecule has 0 amide bonds. The van der Waals surface area contributed by atoms with Gasteiger partial charge >= 0.3 is 12.0 Å². The molecule has 0 saturated heterocycles. The van der Waals surface area contributed by atoms with Crippen molar-refractivity contribution in [1.29, 1.82) is 0 Å². The molecule has 4 nitrogen and oxygen atoms in total. The molecule has 0 radical (unpaired) electrons. The molecule has 0 atom stereocenters. The summed E-state index contributed by atoms with van der Waals surface area (Å²) in [7, 11) is 0. The molecule has 3 rings (SSSR count). The van der Waals surface area contributed by atoms with Gasteiger partial charge in [-0.25, -0.2) is 0 Å². The van der Waals surface area contributed by atoms with Gasteiger partial charge in [0, 0.05) is 5.56 Å². The Morgan fingerprint density at radius 1 is 1.00 bits per heavy atom. The summed E-state index contributed by atoms with van der Waals surface area (Å²) < 4.78 is 44.7. The molecule has 1 heterocycles. The predicted molar refractivity (Wildman–Crippen MR) is 79.7 cm³/mol. The lowest BCUT2D eigenvalue weighted by atomic mass is 10.2. The molecule has 0 saturated carbocycles. The molecule has 25 heavy (non-hydrogen) atoms. The molecule has 0 aliphatic carbocycles. The number of aromatic nitrogens is 1. The second-order valence-electron chi connectivity index (χ2n) is 5.31. The number of carbonyl (C=O) groups excluding carboxylic acids is 1. The molecule has 1 aromatic heterocycles. The monoisotopic (exact) mass is 347 g/mol. The van der Waals surface area contributed by atoms with Gasteiger partial charge in [-0.05, 0) is 12.1 Å². The molecule has 128 valence electrons. The van der Waals surface area contributed by atoms with Crippen molar-refractivity contribution < 1.29 is 32.1 Å². The Hall–Kier alpha value is -3.09. The first kappa shape index (κ1) is 16.8. The summed E-state index contributed by atoms with van der Waals surface area (Å²) in [6.07, 6.45) is -5.17. The van der Waals surface area contributed by atoms with E-state index in [1.807, 2.05) is 0 Å². The fraction of sp³-hybridized carbons (Fsp3) is 0.111. The summed E-state index contributed by atoms with van der Waals surface area (Å²) in [6, 6.07) is 16.7. The highest BCUT2D eigenvalue weighted by molar-refractivity contribution is 5.99. The minimum absolute atomic E-state index is 0.0953. The Morgan fingerprint density at radius 3 is 2.12 bits per heavy atom. The number of alkyl halides is 3. The molecule has 0 N–H and O–H groups in total. The maximum atomic E-state index is 12.9. The Morgan fingerprint density at radius 2 is 1.56 bits per heavy atom. The number of carbonyl (C=O) groups is 1. The van der Waals surface area contributed by atoms with E-state index >= 15 is 0 Å². The molecular formula is C18H12F3NO3. The third kappa shape index (κ3) is 3.40. The zero-order valence-corrected chi connectivity index (χ0v) is 12.8. The molecule has 2 aromatic carbocycles. The van der Waals surface area contributed by atoms with Crippen LogP contribution in [0.5, 0.6) is 5.95 Å². The van der Waals surface area contributed by atoms with Crippen LogP contribution in [0.1, 0.15) is 16.1 Å². The molecule has 0 fully saturated rings. The second kappa shape index (κ2) is 6.43. The smallest absolute Gasteiger partial charge is 0.461 e. The van der Waals surface area contributed by atoms with E-state index in [4.69, 9.17) is 4.42 Å². The number of hydrogen-bond donors (Lipinski definition) is 0. The van der Waals surface area contributed by atoms with Crippen molar-refractivity contribution in [2.75, 3.05) is 0 Å². The molecule has 0 aliphatic heterocycles. The van der Waals surface area contributed by atoms with Gasteiger partial charge in [-0.2, -0.15) is 17.7 Å². The van der Waals surface area contributed by atoms with Crippen LogP contribution in [-0.4, -0.2) is 12.0 Å². The fourth-order valence-electron chi connectivity index (χ4n) is 2.46. The van der Waals surface area contributed by atoms with E-state index in [1.54, 1.807) is 60.7 Å². The summed E-state index contributed by atoms with van der Waals surface area (Å²) >= 11 is 0. The first-order chi connectivity index (χ1) is 11.9. The number of oxazole rings is 1. The van der Waals surface area contributed by atoms with E-state index in [0.717, 1.165) is 4.57 Å². The van der Waals surface area contributed by atoms with Gasteiger partial charge in [0.1, 0.15) is 5.95 Å². The van der Waals surface area contributed by atoms with E-state index < -0.39 is 23.6 Å². The first-order valence-electron chi connectivity index (χ1n) is 7.32. The van der Waals surface area contributed by atoms with Crippen molar-refractivity contribution in [3.8, 4) is 17.4 Å². The van der Waals surface area contributed by atoms with Gasteiger partial charge in [-0.3, -0.25) is 4.79 Å². The SMILES string of the molecule is O=C(c1c([O-])oc(-c2ccccc2)[n+]1Cc1ccccc1)C(F)(F)F. The number of rotatable bonds is 4. The maximum absolute atomic E-state index is 12.9. The lowest BCUT2D eigenvalue weighted by Crippen LogP contribution is -2.44. The molecule has 0 bridgehead atoms. The molecular weight excluding hydrogens is 335 g/mol. The minimum Gasteiger partial charge on any atom is -0.540 e. The largest absolute Gasteiger partial charge is 0.540 e. The van der Waals surface area contributed by atoms with Gasteiger partial charge in [0.15, 0.2) is 6.54 Å².